The lowest BCUT2D eigenvalue weighted by Gasteiger charge is -2.03. The van der Waals surface area contributed by atoms with Gasteiger partial charge in [-0.3, -0.25) is 14.0 Å². The molecule has 2 aromatic heterocycles. The van der Waals surface area contributed by atoms with E-state index in [4.69, 9.17) is 0 Å². The number of carbonyl (C=O) groups is 2. The van der Waals surface area contributed by atoms with Crippen LogP contribution in [0.2, 0.25) is 0 Å². The number of cyclic esters (lactones) is 2. The summed E-state index contributed by atoms with van der Waals surface area (Å²) in [5, 5.41) is 1.90. The Morgan fingerprint density at radius 2 is 2.38 bits per heavy atom. The molecule has 1 unspecified atom stereocenters. The number of esters is 2. The molecule has 16 heavy (non-hydrogen) atoms. The van der Waals surface area contributed by atoms with E-state index in [1.807, 2.05) is 22.9 Å². The molecule has 3 rings (SSSR count). The van der Waals surface area contributed by atoms with Crippen LogP contribution in [-0.2, 0) is 14.3 Å². The second-order valence-corrected chi connectivity index (χ2v) is 4.56. The molecule has 5 nitrogen and oxygen atoms in total. The van der Waals surface area contributed by atoms with Gasteiger partial charge in [-0.25, -0.2) is 4.98 Å². The molecule has 0 N–H and O–H groups in total. The third-order valence-electron chi connectivity index (χ3n) is 2.68. The van der Waals surface area contributed by atoms with Crippen LogP contribution < -0.4 is 0 Å². The molecule has 0 bridgehead atoms. The van der Waals surface area contributed by atoms with Crippen molar-refractivity contribution in [2.75, 3.05) is 0 Å². The first-order valence-electron chi connectivity index (χ1n) is 4.83. The summed E-state index contributed by atoms with van der Waals surface area (Å²) < 4.78 is 6.41. The van der Waals surface area contributed by atoms with Crippen LogP contribution in [-0.4, -0.2) is 21.3 Å². The average Bonchev–Trinajstić information content (AvgIpc) is 2.81. The van der Waals surface area contributed by atoms with E-state index in [2.05, 4.69) is 9.72 Å². The number of fused-ring (bicyclic) bond motifs is 1. The van der Waals surface area contributed by atoms with Gasteiger partial charge in [-0.1, -0.05) is 0 Å². The van der Waals surface area contributed by atoms with Crippen molar-refractivity contribution in [3.63, 3.8) is 0 Å². The number of carbonyl (C=O) groups excluding carboxylic acids is 2. The monoisotopic (exact) mass is 236 g/mol. The Balaban J connectivity index is 2.17. The number of hydrogen-bond donors (Lipinski definition) is 0. The maximum Gasteiger partial charge on any atom is 0.323 e. The van der Waals surface area contributed by atoms with Gasteiger partial charge in [0.05, 0.1) is 17.8 Å². The Morgan fingerprint density at radius 3 is 3.06 bits per heavy atom. The normalized spacial score (nSPS) is 20.7. The average molecular weight is 236 g/mol. The number of aryl methyl sites for hydroxylation is 1. The van der Waals surface area contributed by atoms with Crippen LogP contribution in [0.25, 0.3) is 4.96 Å². The number of nitrogens with zero attached hydrogens (tertiary/aromatic N) is 2. The summed E-state index contributed by atoms with van der Waals surface area (Å²) in [4.78, 5) is 27.8. The van der Waals surface area contributed by atoms with Crippen LogP contribution >= 0.6 is 11.3 Å². The zero-order valence-electron chi connectivity index (χ0n) is 8.47. The van der Waals surface area contributed by atoms with Gasteiger partial charge in [0.25, 0.3) is 0 Å². The summed E-state index contributed by atoms with van der Waals surface area (Å²) in [5.41, 5.74) is 1.55. The van der Waals surface area contributed by atoms with Crippen molar-refractivity contribution in [2.24, 2.45) is 0 Å². The van der Waals surface area contributed by atoms with Gasteiger partial charge in [-0.15, -0.1) is 11.3 Å². The van der Waals surface area contributed by atoms with E-state index < -0.39 is 17.9 Å². The first kappa shape index (κ1) is 9.53. The van der Waals surface area contributed by atoms with Gasteiger partial charge >= 0.3 is 11.9 Å². The zero-order valence-corrected chi connectivity index (χ0v) is 9.28. The molecule has 6 heteroatoms. The number of hydrogen-bond acceptors (Lipinski definition) is 5. The number of aromatic nitrogens is 2. The first-order valence-corrected chi connectivity index (χ1v) is 5.71. The molecule has 0 radical (unpaired) electrons. The zero-order chi connectivity index (χ0) is 11.3. The Morgan fingerprint density at radius 1 is 1.56 bits per heavy atom. The summed E-state index contributed by atoms with van der Waals surface area (Å²) in [6.07, 6.45) is 1.97. The molecule has 0 aliphatic carbocycles. The molecule has 1 aliphatic rings. The van der Waals surface area contributed by atoms with Crippen molar-refractivity contribution in [3.05, 3.63) is 23.0 Å². The molecule has 1 saturated heterocycles. The fraction of sp³-hybridized carbons (Fsp3) is 0.300. The van der Waals surface area contributed by atoms with E-state index in [1.54, 1.807) is 0 Å². The lowest BCUT2D eigenvalue weighted by Crippen LogP contribution is -2.09. The van der Waals surface area contributed by atoms with Crippen LogP contribution in [0.1, 0.15) is 23.7 Å². The maximum absolute atomic E-state index is 11.5. The Bertz CT molecular complexity index is 598. The van der Waals surface area contributed by atoms with Crippen molar-refractivity contribution in [3.8, 4) is 0 Å². The molecule has 0 amide bonds. The lowest BCUT2D eigenvalue weighted by atomic mass is 10.0. The van der Waals surface area contributed by atoms with Crippen molar-refractivity contribution >= 4 is 28.2 Å². The highest BCUT2D eigenvalue weighted by Gasteiger charge is 2.37. The molecule has 1 aliphatic heterocycles. The fourth-order valence-electron chi connectivity index (χ4n) is 2.01. The fourth-order valence-corrected chi connectivity index (χ4v) is 2.78. The van der Waals surface area contributed by atoms with Crippen molar-refractivity contribution in [2.45, 2.75) is 19.3 Å². The van der Waals surface area contributed by atoms with Gasteiger partial charge in [0.1, 0.15) is 5.92 Å². The molecular weight excluding hydrogens is 228 g/mol. The molecule has 3 heterocycles. The van der Waals surface area contributed by atoms with E-state index in [0.717, 1.165) is 16.3 Å². The minimum atomic E-state index is -0.503. The van der Waals surface area contributed by atoms with E-state index >= 15 is 0 Å². The van der Waals surface area contributed by atoms with Crippen LogP contribution in [0.4, 0.5) is 0 Å². The summed E-state index contributed by atoms with van der Waals surface area (Å²) >= 11 is 1.50. The van der Waals surface area contributed by atoms with E-state index in [1.165, 1.54) is 11.3 Å². The highest BCUT2D eigenvalue weighted by atomic mass is 32.1. The number of ether oxygens (including phenoxy) is 1. The molecule has 1 atom stereocenters. The predicted molar refractivity (Wildman–Crippen MR) is 56.3 cm³/mol. The van der Waals surface area contributed by atoms with Gasteiger partial charge in [0, 0.05) is 11.6 Å². The SMILES string of the molecule is Cc1nc2sccn2c1C1CC(=O)OC1=O. The summed E-state index contributed by atoms with van der Waals surface area (Å²) in [5.74, 6) is -1.43. The van der Waals surface area contributed by atoms with Gasteiger partial charge in [0.15, 0.2) is 4.96 Å². The summed E-state index contributed by atoms with van der Waals surface area (Å²) in [6.45, 7) is 1.84. The number of imidazole rings is 1. The number of rotatable bonds is 1. The maximum atomic E-state index is 11.5. The molecular formula is C10H8N2O3S. The largest absolute Gasteiger partial charge is 0.393 e. The van der Waals surface area contributed by atoms with E-state index in [9.17, 15) is 9.59 Å². The highest BCUT2D eigenvalue weighted by Crippen LogP contribution is 2.31. The van der Waals surface area contributed by atoms with Gasteiger partial charge in [0.2, 0.25) is 0 Å². The Labute approximate surface area is 94.7 Å². The van der Waals surface area contributed by atoms with Crippen molar-refractivity contribution in [1.82, 2.24) is 9.38 Å². The molecule has 0 aromatic carbocycles. The van der Waals surface area contributed by atoms with Crippen molar-refractivity contribution in [1.29, 1.82) is 0 Å². The summed E-state index contributed by atoms with van der Waals surface area (Å²) in [6, 6.07) is 0. The third-order valence-corrected chi connectivity index (χ3v) is 3.44. The van der Waals surface area contributed by atoms with Gasteiger partial charge < -0.3 is 4.74 Å². The third kappa shape index (κ3) is 1.19. The van der Waals surface area contributed by atoms with E-state index in [0.29, 0.717) is 0 Å². The molecule has 2 aromatic rings. The topological polar surface area (TPSA) is 60.7 Å². The predicted octanol–water partition coefficient (Wildman–Crippen LogP) is 1.26. The van der Waals surface area contributed by atoms with Crippen LogP contribution in [0.3, 0.4) is 0 Å². The minimum absolute atomic E-state index is 0.114. The van der Waals surface area contributed by atoms with E-state index in [-0.39, 0.29) is 6.42 Å². The van der Waals surface area contributed by atoms with Crippen LogP contribution in [0.15, 0.2) is 11.6 Å². The lowest BCUT2D eigenvalue weighted by molar-refractivity contribution is -0.152. The van der Waals surface area contributed by atoms with Crippen LogP contribution in [0.5, 0.6) is 0 Å². The highest BCUT2D eigenvalue weighted by molar-refractivity contribution is 7.15. The van der Waals surface area contributed by atoms with Crippen LogP contribution in [0, 0.1) is 6.92 Å². The Hall–Kier alpha value is -1.69. The Kier molecular flexibility index (Phi) is 1.88. The second-order valence-electron chi connectivity index (χ2n) is 3.69. The molecule has 1 fully saturated rings. The first-order chi connectivity index (χ1) is 7.66. The second kappa shape index (κ2) is 3.15. The molecule has 82 valence electrons. The quantitative estimate of drug-likeness (QED) is 0.552. The number of thiazole rings is 1. The molecule has 0 spiro atoms. The van der Waals surface area contributed by atoms with Gasteiger partial charge in [-0.2, -0.15) is 0 Å². The molecule has 0 saturated carbocycles. The minimum Gasteiger partial charge on any atom is -0.393 e. The van der Waals surface area contributed by atoms with Crippen molar-refractivity contribution < 1.29 is 14.3 Å². The standard InChI is InChI=1S/C10H8N2O3S/c1-5-8(6-4-7(13)15-9(6)14)12-2-3-16-10(12)11-5/h2-3,6H,4H2,1H3. The smallest absolute Gasteiger partial charge is 0.323 e. The summed E-state index contributed by atoms with van der Waals surface area (Å²) in [7, 11) is 0. The van der Waals surface area contributed by atoms with Gasteiger partial charge in [-0.05, 0) is 6.92 Å².